The van der Waals surface area contributed by atoms with Gasteiger partial charge in [-0.05, 0) is 43.5 Å². The Hall–Kier alpha value is -2.92. The summed E-state index contributed by atoms with van der Waals surface area (Å²) in [5.74, 6) is 0.366. The number of hydrogen-bond acceptors (Lipinski definition) is 9. The smallest absolute Gasteiger partial charge is 0.266 e. The lowest BCUT2D eigenvalue weighted by molar-refractivity contribution is 0.0983. The van der Waals surface area contributed by atoms with Gasteiger partial charge in [0.1, 0.15) is 0 Å². The van der Waals surface area contributed by atoms with Gasteiger partial charge in [0.2, 0.25) is 10.0 Å². The summed E-state index contributed by atoms with van der Waals surface area (Å²) in [6.45, 7) is 1.79. The van der Waals surface area contributed by atoms with Crippen molar-refractivity contribution in [3.63, 3.8) is 0 Å². The van der Waals surface area contributed by atoms with Gasteiger partial charge in [-0.3, -0.25) is 4.79 Å². The fourth-order valence-electron chi connectivity index (χ4n) is 3.66. The number of piperidine rings is 1. The van der Waals surface area contributed by atoms with Crippen LogP contribution in [0.2, 0.25) is 0 Å². The lowest BCUT2D eigenvalue weighted by Gasteiger charge is -2.25. The molecule has 9 nitrogen and oxygen atoms in total. The number of carbonyl (C=O) groups is 1. The minimum absolute atomic E-state index is 0.214. The number of ether oxygens (including phenoxy) is 2. The van der Waals surface area contributed by atoms with E-state index in [9.17, 15) is 13.2 Å². The second-order valence-corrected chi connectivity index (χ2v) is 10.3. The van der Waals surface area contributed by atoms with Gasteiger partial charge in [-0.25, -0.2) is 18.1 Å². The van der Waals surface area contributed by atoms with Crippen LogP contribution in [-0.2, 0) is 10.0 Å². The van der Waals surface area contributed by atoms with E-state index in [1.807, 2.05) is 0 Å². The first kappa shape index (κ1) is 22.3. The lowest BCUT2D eigenvalue weighted by atomic mass is 10.1. The van der Waals surface area contributed by atoms with Crippen molar-refractivity contribution in [3.8, 4) is 22.8 Å². The Balaban J connectivity index is 1.86. The fourth-order valence-corrected chi connectivity index (χ4v) is 5.17. The Morgan fingerprint density at radius 1 is 1.06 bits per heavy atom. The molecular weight excluding hydrogens is 452 g/mol. The molecule has 3 aromatic rings. The third-order valence-corrected chi connectivity index (χ3v) is 6.87. The highest BCUT2D eigenvalue weighted by Crippen LogP contribution is 2.36. The summed E-state index contributed by atoms with van der Waals surface area (Å²) in [4.78, 5) is 24.4. The van der Waals surface area contributed by atoms with Crippen LogP contribution in [0.4, 0.5) is 5.13 Å². The number of amides is 1. The van der Waals surface area contributed by atoms with Gasteiger partial charge < -0.3 is 14.4 Å². The van der Waals surface area contributed by atoms with E-state index in [0.717, 1.165) is 37.3 Å². The van der Waals surface area contributed by atoms with E-state index in [4.69, 9.17) is 9.47 Å². The Kier molecular flexibility index (Phi) is 6.20. The van der Waals surface area contributed by atoms with E-state index in [2.05, 4.69) is 19.6 Å². The predicted molar refractivity (Wildman–Crippen MR) is 124 cm³/mol. The van der Waals surface area contributed by atoms with Crippen LogP contribution in [0.5, 0.6) is 11.5 Å². The van der Waals surface area contributed by atoms with Gasteiger partial charge >= 0.3 is 0 Å². The molecule has 1 saturated heterocycles. The summed E-state index contributed by atoms with van der Waals surface area (Å²) in [7, 11) is -0.649. The zero-order valence-electron chi connectivity index (χ0n) is 18.0. The molecule has 2 aromatic heterocycles. The number of fused-ring (bicyclic) bond motifs is 1. The SMILES string of the molecule is COc1ccc(-c2cc(C(=O)NS(C)(=O)=O)c3sc(N4CCCCC4)nc3n2)cc1OC. The zero-order valence-corrected chi connectivity index (χ0v) is 19.7. The molecule has 32 heavy (non-hydrogen) atoms. The summed E-state index contributed by atoms with van der Waals surface area (Å²) >= 11 is 1.35. The molecule has 3 heterocycles. The topological polar surface area (TPSA) is 111 Å². The van der Waals surface area contributed by atoms with Crippen molar-refractivity contribution in [2.45, 2.75) is 19.3 Å². The molecule has 1 aliphatic heterocycles. The van der Waals surface area contributed by atoms with Crippen LogP contribution < -0.4 is 19.1 Å². The maximum atomic E-state index is 12.9. The van der Waals surface area contributed by atoms with Crippen molar-refractivity contribution >= 4 is 42.7 Å². The molecule has 0 unspecified atom stereocenters. The Bertz CT molecular complexity index is 1270. The molecule has 1 aromatic carbocycles. The summed E-state index contributed by atoms with van der Waals surface area (Å²) in [6.07, 6.45) is 4.30. The Labute approximate surface area is 190 Å². The third kappa shape index (κ3) is 4.63. The molecule has 1 aliphatic rings. The van der Waals surface area contributed by atoms with E-state index in [-0.39, 0.29) is 5.56 Å². The molecule has 0 saturated carbocycles. The molecule has 1 amide bonds. The number of carbonyl (C=O) groups excluding carboxylic acids is 1. The highest BCUT2D eigenvalue weighted by Gasteiger charge is 2.23. The first-order chi connectivity index (χ1) is 15.3. The van der Waals surface area contributed by atoms with Crippen molar-refractivity contribution in [2.24, 2.45) is 0 Å². The predicted octanol–water partition coefficient (Wildman–Crippen LogP) is 3.06. The molecule has 0 aliphatic carbocycles. The molecule has 1 N–H and O–H groups in total. The van der Waals surface area contributed by atoms with Gasteiger partial charge in [-0.2, -0.15) is 4.98 Å². The zero-order chi connectivity index (χ0) is 22.9. The number of rotatable bonds is 6. The minimum Gasteiger partial charge on any atom is -0.493 e. The molecule has 0 spiro atoms. The molecule has 0 radical (unpaired) electrons. The molecule has 1 fully saturated rings. The van der Waals surface area contributed by atoms with Crippen molar-refractivity contribution < 1.29 is 22.7 Å². The number of pyridine rings is 1. The monoisotopic (exact) mass is 476 g/mol. The van der Waals surface area contributed by atoms with E-state index in [0.29, 0.717) is 33.1 Å². The third-order valence-electron chi connectivity index (χ3n) is 5.18. The van der Waals surface area contributed by atoms with Gasteiger partial charge in [0, 0.05) is 18.7 Å². The summed E-state index contributed by atoms with van der Waals surface area (Å²) in [6, 6.07) is 6.88. The summed E-state index contributed by atoms with van der Waals surface area (Å²) in [5.41, 5.74) is 1.78. The second kappa shape index (κ2) is 8.91. The highest BCUT2D eigenvalue weighted by molar-refractivity contribution is 7.89. The van der Waals surface area contributed by atoms with Crippen molar-refractivity contribution in [1.82, 2.24) is 14.7 Å². The Morgan fingerprint density at radius 3 is 2.44 bits per heavy atom. The highest BCUT2D eigenvalue weighted by atomic mass is 32.2. The first-order valence-electron chi connectivity index (χ1n) is 10.1. The number of aromatic nitrogens is 2. The Morgan fingerprint density at radius 2 is 1.78 bits per heavy atom. The van der Waals surface area contributed by atoms with Crippen molar-refractivity contribution in [1.29, 1.82) is 0 Å². The molecule has 4 rings (SSSR count). The second-order valence-electron chi connectivity index (χ2n) is 7.53. The van der Waals surface area contributed by atoms with Gasteiger partial charge in [0.25, 0.3) is 5.91 Å². The molecular formula is C21H24N4O5S2. The van der Waals surface area contributed by atoms with Crippen LogP contribution in [0.15, 0.2) is 24.3 Å². The van der Waals surface area contributed by atoms with Gasteiger partial charge in [0.05, 0.1) is 36.4 Å². The molecule has 170 valence electrons. The number of nitrogens with zero attached hydrogens (tertiary/aromatic N) is 3. The molecule has 11 heteroatoms. The van der Waals surface area contributed by atoms with E-state index in [1.165, 1.54) is 24.9 Å². The van der Waals surface area contributed by atoms with Crippen LogP contribution in [0.1, 0.15) is 29.6 Å². The number of benzene rings is 1. The lowest BCUT2D eigenvalue weighted by Crippen LogP contribution is -2.29. The molecule has 0 atom stereocenters. The first-order valence-corrected chi connectivity index (χ1v) is 12.8. The van der Waals surface area contributed by atoms with Gasteiger partial charge in [0.15, 0.2) is 22.3 Å². The number of thiazole rings is 1. The van der Waals surface area contributed by atoms with E-state index < -0.39 is 15.9 Å². The van der Waals surface area contributed by atoms with E-state index >= 15 is 0 Å². The fraction of sp³-hybridized carbons (Fsp3) is 0.381. The number of sulfonamides is 1. The van der Waals surface area contributed by atoms with Crippen molar-refractivity contribution in [2.75, 3.05) is 38.5 Å². The maximum absolute atomic E-state index is 12.9. The quantitative estimate of drug-likeness (QED) is 0.578. The number of anilines is 1. The normalized spacial score (nSPS) is 14.4. The van der Waals surface area contributed by atoms with E-state index in [1.54, 1.807) is 31.4 Å². The molecule has 0 bridgehead atoms. The average molecular weight is 477 g/mol. The van der Waals surface area contributed by atoms with Crippen LogP contribution in [0, 0.1) is 0 Å². The van der Waals surface area contributed by atoms with Crippen molar-refractivity contribution in [3.05, 3.63) is 29.8 Å². The number of nitrogens with one attached hydrogen (secondary N) is 1. The number of methoxy groups -OCH3 is 2. The van der Waals surface area contributed by atoms with Crippen LogP contribution in [0.3, 0.4) is 0 Å². The largest absolute Gasteiger partial charge is 0.493 e. The van der Waals surface area contributed by atoms with Gasteiger partial charge in [-0.1, -0.05) is 11.3 Å². The average Bonchev–Trinajstić information content (AvgIpc) is 3.21. The standard InChI is InChI=1S/C21H24N4O5S2/c1-29-16-8-7-13(11-17(16)30-2)15-12-14(20(26)24-32(3,27)28)18-19(22-15)23-21(31-18)25-9-5-4-6-10-25/h7-8,11-12H,4-6,9-10H2,1-3H3,(H,24,26). The maximum Gasteiger partial charge on any atom is 0.266 e. The minimum atomic E-state index is -3.73. The van der Waals surface area contributed by atoms with Crippen LogP contribution >= 0.6 is 11.3 Å². The van der Waals surface area contributed by atoms with Crippen LogP contribution in [-0.4, -0.2) is 57.9 Å². The van der Waals surface area contributed by atoms with Crippen LogP contribution in [0.25, 0.3) is 21.6 Å². The van der Waals surface area contributed by atoms with Gasteiger partial charge in [-0.15, -0.1) is 0 Å². The summed E-state index contributed by atoms with van der Waals surface area (Å²) in [5, 5.41) is 0.782. The number of hydrogen-bond donors (Lipinski definition) is 1. The summed E-state index contributed by atoms with van der Waals surface area (Å²) < 4.78 is 36.7.